The number of hydrogen-bond acceptors (Lipinski definition) is 7. The van der Waals surface area contributed by atoms with Crippen LogP contribution in [0.15, 0.2) is 42.5 Å². The molecule has 0 saturated carbocycles. The van der Waals surface area contributed by atoms with E-state index in [0.717, 1.165) is 11.0 Å². The standard InChI is InChI=1S/C21H20FN7O4/c1-12-25-26-27-29(12)17-10-14(6-9-16(17)22)23-18(30)11-28-19(31)21(2,24-20(28)32)13-4-7-15(33-3)8-5-13/h4-10H,11H2,1-3H3,(H,23,30)(H,24,32). The van der Waals surface area contributed by atoms with E-state index in [-0.39, 0.29) is 11.4 Å². The van der Waals surface area contributed by atoms with Crippen molar-refractivity contribution in [2.75, 3.05) is 19.0 Å². The molecule has 3 aromatic rings. The van der Waals surface area contributed by atoms with Gasteiger partial charge >= 0.3 is 6.03 Å². The summed E-state index contributed by atoms with van der Waals surface area (Å²) in [4.78, 5) is 38.9. The number of aromatic nitrogens is 4. The Hall–Kier alpha value is -4.35. The van der Waals surface area contributed by atoms with Gasteiger partial charge in [-0.3, -0.25) is 14.5 Å². The van der Waals surface area contributed by atoms with E-state index in [1.165, 1.54) is 23.9 Å². The Kier molecular flexibility index (Phi) is 5.50. The summed E-state index contributed by atoms with van der Waals surface area (Å²) < 4.78 is 20.5. The number of ether oxygens (including phenoxy) is 1. The number of tetrazole rings is 1. The highest BCUT2D eigenvalue weighted by atomic mass is 19.1. The first-order chi connectivity index (χ1) is 15.7. The normalized spacial score (nSPS) is 17.8. The van der Waals surface area contributed by atoms with E-state index in [9.17, 15) is 18.8 Å². The SMILES string of the molecule is COc1ccc(C2(C)NC(=O)N(CC(=O)Nc3ccc(F)c(-n4nnnc4C)c3)C2=O)cc1. The minimum Gasteiger partial charge on any atom is -0.497 e. The van der Waals surface area contributed by atoms with Gasteiger partial charge in [0.1, 0.15) is 29.3 Å². The number of imide groups is 1. The Balaban J connectivity index is 1.49. The number of hydrogen-bond donors (Lipinski definition) is 2. The van der Waals surface area contributed by atoms with Crippen LogP contribution in [0.3, 0.4) is 0 Å². The number of carbonyl (C=O) groups is 3. The molecule has 4 rings (SSSR count). The zero-order chi connectivity index (χ0) is 23.8. The number of anilines is 1. The zero-order valence-electron chi connectivity index (χ0n) is 18.0. The molecule has 170 valence electrons. The summed E-state index contributed by atoms with van der Waals surface area (Å²) in [5, 5.41) is 16.1. The van der Waals surface area contributed by atoms with Gasteiger partial charge in [-0.1, -0.05) is 12.1 Å². The first-order valence-corrected chi connectivity index (χ1v) is 9.86. The molecule has 12 heteroatoms. The second-order valence-corrected chi connectivity index (χ2v) is 7.53. The summed E-state index contributed by atoms with van der Waals surface area (Å²) in [6.07, 6.45) is 0. The number of urea groups is 1. The van der Waals surface area contributed by atoms with Crippen molar-refractivity contribution < 1.29 is 23.5 Å². The van der Waals surface area contributed by atoms with E-state index >= 15 is 0 Å². The largest absolute Gasteiger partial charge is 0.497 e. The van der Waals surface area contributed by atoms with Crippen LogP contribution >= 0.6 is 0 Å². The van der Waals surface area contributed by atoms with Crippen molar-refractivity contribution in [2.45, 2.75) is 19.4 Å². The van der Waals surface area contributed by atoms with Crippen molar-refractivity contribution in [3.05, 3.63) is 59.7 Å². The number of aryl methyl sites for hydroxylation is 1. The fraction of sp³-hybridized carbons (Fsp3) is 0.238. The van der Waals surface area contributed by atoms with Gasteiger partial charge < -0.3 is 15.4 Å². The molecule has 1 saturated heterocycles. The molecule has 1 fully saturated rings. The van der Waals surface area contributed by atoms with Gasteiger partial charge in [0.25, 0.3) is 5.91 Å². The molecular weight excluding hydrogens is 433 g/mol. The van der Waals surface area contributed by atoms with Gasteiger partial charge in [-0.2, -0.15) is 4.68 Å². The maximum atomic E-state index is 14.2. The van der Waals surface area contributed by atoms with Crippen LogP contribution in [0.4, 0.5) is 14.9 Å². The zero-order valence-corrected chi connectivity index (χ0v) is 18.0. The van der Waals surface area contributed by atoms with E-state index in [2.05, 4.69) is 26.2 Å². The lowest BCUT2D eigenvalue weighted by molar-refractivity contribution is -0.133. The molecule has 0 radical (unpaired) electrons. The summed E-state index contributed by atoms with van der Waals surface area (Å²) in [5.74, 6) is -0.839. The lowest BCUT2D eigenvalue weighted by Gasteiger charge is -2.22. The van der Waals surface area contributed by atoms with E-state index in [1.54, 1.807) is 38.1 Å². The van der Waals surface area contributed by atoms with Crippen molar-refractivity contribution in [3.63, 3.8) is 0 Å². The van der Waals surface area contributed by atoms with Gasteiger partial charge in [0.15, 0.2) is 5.82 Å². The number of nitrogens with zero attached hydrogens (tertiary/aromatic N) is 5. The predicted octanol–water partition coefficient (Wildman–Crippen LogP) is 1.52. The van der Waals surface area contributed by atoms with Crippen molar-refractivity contribution in [1.82, 2.24) is 30.4 Å². The third-order valence-corrected chi connectivity index (χ3v) is 5.33. The summed E-state index contributed by atoms with van der Waals surface area (Å²) >= 11 is 0. The third-order valence-electron chi connectivity index (χ3n) is 5.33. The third kappa shape index (κ3) is 3.97. The van der Waals surface area contributed by atoms with E-state index in [4.69, 9.17) is 4.74 Å². The number of nitrogens with one attached hydrogen (secondary N) is 2. The Labute approximate surface area is 187 Å². The molecule has 1 aliphatic rings. The van der Waals surface area contributed by atoms with Gasteiger partial charge in [0, 0.05) is 5.69 Å². The van der Waals surface area contributed by atoms with Crippen LogP contribution in [0.25, 0.3) is 5.69 Å². The summed E-state index contributed by atoms with van der Waals surface area (Å²) in [6, 6.07) is 9.84. The van der Waals surface area contributed by atoms with Crippen molar-refractivity contribution in [1.29, 1.82) is 0 Å². The molecule has 4 amide bonds. The van der Waals surface area contributed by atoms with Crippen LogP contribution in [-0.4, -0.2) is 56.6 Å². The molecular formula is C21H20FN7O4. The molecule has 0 bridgehead atoms. The van der Waals surface area contributed by atoms with Crippen LogP contribution in [0.2, 0.25) is 0 Å². The van der Waals surface area contributed by atoms with Crippen LogP contribution in [0.1, 0.15) is 18.3 Å². The lowest BCUT2D eigenvalue weighted by atomic mass is 9.92. The first kappa shape index (κ1) is 21.9. The lowest BCUT2D eigenvalue weighted by Crippen LogP contribution is -2.42. The van der Waals surface area contributed by atoms with Crippen LogP contribution in [-0.2, 0) is 15.1 Å². The van der Waals surface area contributed by atoms with Crippen molar-refractivity contribution in [3.8, 4) is 11.4 Å². The van der Waals surface area contributed by atoms with E-state index < -0.39 is 35.7 Å². The molecule has 33 heavy (non-hydrogen) atoms. The molecule has 1 aromatic heterocycles. The average Bonchev–Trinajstić information content (AvgIpc) is 3.31. The van der Waals surface area contributed by atoms with Crippen LogP contribution in [0.5, 0.6) is 5.75 Å². The maximum Gasteiger partial charge on any atom is 0.325 e. The van der Waals surface area contributed by atoms with E-state index in [1.807, 2.05) is 0 Å². The minimum absolute atomic E-state index is 0.0392. The monoisotopic (exact) mass is 453 g/mol. The van der Waals surface area contributed by atoms with Gasteiger partial charge in [-0.25, -0.2) is 9.18 Å². The van der Waals surface area contributed by atoms with Gasteiger partial charge in [-0.05, 0) is 60.2 Å². The number of amides is 4. The molecule has 1 unspecified atom stereocenters. The molecule has 2 aromatic carbocycles. The Bertz CT molecular complexity index is 1240. The fourth-order valence-electron chi connectivity index (χ4n) is 3.51. The molecule has 2 N–H and O–H groups in total. The molecule has 11 nitrogen and oxygen atoms in total. The predicted molar refractivity (Wildman–Crippen MR) is 113 cm³/mol. The van der Waals surface area contributed by atoms with Gasteiger partial charge in [0.05, 0.1) is 7.11 Å². The highest BCUT2D eigenvalue weighted by molar-refractivity contribution is 6.10. The number of halogens is 1. The number of rotatable bonds is 6. The molecule has 0 aliphatic carbocycles. The second-order valence-electron chi connectivity index (χ2n) is 7.53. The maximum absolute atomic E-state index is 14.2. The fourth-order valence-corrected chi connectivity index (χ4v) is 3.51. The Morgan fingerprint density at radius 2 is 1.94 bits per heavy atom. The highest BCUT2D eigenvalue weighted by Crippen LogP contribution is 2.30. The Morgan fingerprint density at radius 1 is 1.21 bits per heavy atom. The van der Waals surface area contributed by atoms with Crippen molar-refractivity contribution >= 4 is 23.5 Å². The average molecular weight is 453 g/mol. The first-order valence-electron chi connectivity index (χ1n) is 9.86. The van der Waals surface area contributed by atoms with Gasteiger partial charge in [-0.15, -0.1) is 5.10 Å². The minimum atomic E-state index is -1.33. The smallest absolute Gasteiger partial charge is 0.325 e. The number of methoxy groups -OCH3 is 1. The summed E-state index contributed by atoms with van der Waals surface area (Å²) in [7, 11) is 1.52. The molecule has 0 spiro atoms. The second kappa shape index (κ2) is 8.30. The summed E-state index contributed by atoms with van der Waals surface area (Å²) in [6.45, 7) is 2.64. The van der Waals surface area contributed by atoms with Crippen LogP contribution < -0.4 is 15.4 Å². The Morgan fingerprint density at radius 3 is 2.58 bits per heavy atom. The van der Waals surface area contributed by atoms with Gasteiger partial charge in [0.2, 0.25) is 5.91 Å². The summed E-state index contributed by atoms with van der Waals surface area (Å²) in [5.41, 5.74) is -0.497. The molecule has 1 aliphatic heterocycles. The number of carbonyl (C=O) groups excluding carboxylic acids is 3. The van der Waals surface area contributed by atoms with E-state index in [0.29, 0.717) is 17.1 Å². The number of benzene rings is 2. The molecule has 1 atom stereocenters. The topological polar surface area (TPSA) is 131 Å². The van der Waals surface area contributed by atoms with Crippen LogP contribution in [0, 0.1) is 12.7 Å². The quantitative estimate of drug-likeness (QED) is 0.541. The van der Waals surface area contributed by atoms with Crippen molar-refractivity contribution in [2.24, 2.45) is 0 Å². The highest BCUT2D eigenvalue weighted by Gasteiger charge is 2.49. The molecule has 2 heterocycles.